The third-order valence-corrected chi connectivity index (χ3v) is 6.49. The molecule has 1 N–H and O–H groups in total. The standard InChI is InChI=1S/C26H37F3O9/c1-31-8-10-33-16-36-20(15-35-19-5-3-4-18(12-19)26(27,28)29)6-7-21-22-13-25(30)38-24(22)14-23(21)37-17-34-11-9-32-2/h3-6,12,21-25,30H,7-11,13-17H2,1-2H3/b20-6-/t21-,22-,23-,24+,25?/m1/s1. The number of halogens is 3. The smallest absolute Gasteiger partial charge is 0.416 e. The summed E-state index contributed by atoms with van der Waals surface area (Å²) in [6.07, 6.45) is -2.14. The predicted molar refractivity (Wildman–Crippen MR) is 128 cm³/mol. The van der Waals surface area contributed by atoms with Crippen LogP contribution in [0, 0.1) is 11.8 Å². The van der Waals surface area contributed by atoms with Crippen LogP contribution in [0.4, 0.5) is 13.2 Å². The highest BCUT2D eigenvalue weighted by atomic mass is 19.4. The molecule has 2 aliphatic rings. The van der Waals surface area contributed by atoms with Gasteiger partial charge in [0.05, 0.1) is 44.2 Å². The van der Waals surface area contributed by atoms with E-state index in [9.17, 15) is 18.3 Å². The average molecular weight is 551 g/mol. The van der Waals surface area contributed by atoms with E-state index >= 15 is 0 Å². The van der Waals surface area contributed by atoms with Gasteiger partial charge in [0.1, 0.15) is 24.9 Å². The normalized spacial score (nSPS) is 25.5. The molecule has 0 aromatic heterocycles. The third kappa shape index (κ3) is 9.67. The summed E-state index contributed by atoms with van der Waals surface area (Å²) < 4.78 is 83.0. The van der Waals surface area contributed by atoms with Crippen LogP contribution in [0.25, 0.3) is 0 Å². The number of methoxy groups -OCH3 is 2. The van der Waals surface area contributed by atoms with Crippen molar-refractivity contribution >= 4 is 0 Å². The highest BCUT2D eigenvalue weighted by molar-refractivity contribution is 5.30. The van der Waals surface area contributed by atoms with Crippen molar-refractivity contribution in [3.05, 3.63) is 41.7 Å². The van der Waals surface area contributed by atoms with Gasteiger partial charge in [-0.3, -0.25) is 0 Å². The molecule has 0 amide bonds. The van der Waals surface area contributed by atoms with Crippen LogP contribution in [0.3, 0.4) is 0 Å². The lowest BCUT2D eigenvalue weighted by Crippen LogP contribution is -2.25. The van der Waals surface area contributed by atoms with Gasteiger partial charge in [0.2, 0.25) is 0 Å². The molecule has 1 heterocycles. The summed E-state index contributed by atoms with van der Waals surface area (Å²) >= 11 is 0. The maximum atomic E-state index is 13.1. The molecule has 1 aliphatic heterocycles. The van der Waals surface area contributed by atoms with Crippen molar-refractivity contribution in [2.45, 2.75) is 43.9 Å². The van der Waals surface area contributed by atoms with Crippen LogP contribution in [0.2, 0.25) is 0 Å². The highest BCUT2D eigenvalue weighted by Crippen LogP contribution is 2.45. The van der Waals surface area contributed by atoms with E-state index < -0.39 is 18.0 Å². The van der Waals surface area contributed by atoms with Crippen LogP contribution < -0.4 is 4.74 Å². The molecule has 216 valence electrons. The van der Waals surface area contributed by atoms with Gasteiger partial charge in [-0.1, -0.05) is 6.07 Å². The second-order valence-corrected chi connectivity index (χ2v) is 9.04. The van der Waals surface area contributed by atoms with E-state index in [1.807, 2.05) is 6.08 Å². The van der Waals surface area contributed by atoms with E-state index in [1.54, 1.807) is 14.2 Å². The lowest BCUT2D eigenvalue weighted by Gasteiger charge is -2.23. The Morgan fingerprint density at radius 2 is 1.79 bits per heavy atom. The number of rotatable bonds is 17. The predicted octanol–water partition coefficient (Wildman–Crippen LogP) is 3.74. The first-order valence-electron chi connectivity index (χ1n) is 12.5. The molecular weight excluding hydrogens is 513 g/mol. The second kappa shape index (κ2) is 15.6. The average Bonchev–Trinajstić information content (AvgIpc) is 3.40. The van der Waals surface area contributed by atoms with Gasteiger partial charge < -0.3 is 43.0 Å². The molecule has 12 heteroatoms. The van der Waals surface area contributed by atoms with Crippen LogP contribution in [-0.4, -0.2) is 84.4 Å². The Bertz CT molecular complexity index is 851. The fourth-order valence-corrected chi connectivity index (χ4v) is 4.62. The van der Waals surface area contributed by atoms with Gasteiger partial charge in [-0.2, -0.15) is 13.2 Å². The van der Waals surface area contributed by atoms with E-state index in [2.05, 4.69) is 0 Å². The molecule has 1 unspecified atom stereocenters. The lowest BCUT2D eigenvalue weighted by atomic mass is 9.89. The van der Waals surface area contributed by atoms with Gasteiger partial charge >= 0.3 is 6.18 Å². The van der Waals surface area contributed by atoms with Crippen LogP contribution in [0.5, 0.6) is 5.75 Å². The minimum atomic E-state index is -4.47. The monoisotopic (exact) mass is 550 g/mol. The van der Waals surface area contributed by atoms with Crippen molar-refractivity contribution in [1.29, 1.82) is 0 Å². The molecule has 0 bridgehead atoms. The molecule has 38 heavy (non-hydrogen) atoms. The molecule has 3 rings (SSSR count). The van der Waals surface area contributed by atoms with Crippen molar-refractivity contribution in [2.24, 2.45) is 11.8 Å². The van der Waals surface area contributed by atoms with Gasteiger partial charge in [-0.05, 0) is 42.5 Å². The zero-order chi connectivity index (χ0) is 27.4. The Morgan fingerprint density at radius 3 is 2.50 bits per heavy atom. The summed E-state index contributed by atoms with van der Waals surface area (Å²) in [5.41, 5.74) is -0.797. The molecule has 1 aromatic rings. The summed E-state index contributed by atoms with van der Waals surface area (Å²) in [4.78, 5) is 0. The largest absolute Gasteiger partial charge is 0.486 e. The van der Waals surface area contributed by atoms with Gasteiger partial charge in [0.15, 0.2) is 13.1 Å². The maximum absolute atomic E-state index is 13.1. The quantitative estimate of drug-likeness (QED) is 0.177. The first-order valence-corrected chi connectivity index (χ1v) is 12.5. The van der Waals surface area contributed by atoms with Crippen molar-refractivity contribution in [3.8, 4) is 5.75 Å². The fraction of sp³-hybridized carbons (Fsp3) is 0.692. The molecule has 2 fully saturated rings. The first-order chi connectivity index (χ1) is 18.3. The topological polar surface area (TPSA) is 94.1 Å². The summed E-state index contributed by atoms with van der Waals surface area (Å²) in [5.74, 6) is 0.550. The Hall–Kier alpha value is -1.93. The minimum absolute atomic E-state index is 0.00439. The second-order valence-electron chi connectivity index (χ2n) is 9.04. The van der Waals surface area contributed by atoms with Gasteiger partial charge in [-0.15, -0.1) is 0 Å². The van der Waals surface area contributed by atoms with Crippen LogP contribution >= 0.6 is 0 Å². The van der Waals surface area contributed by atoms with Crippen LogP contribution in [0.15, 0.2) is 36.1 Å². The van der Waals surface area contributed by atoms with E-state index in [1.165, 1.54) is 12.1 Å². The van der Waals surface area contributed by atoms with Gasteiger partial charge in [-0.25, -0.2) is 0 Å². The molecule has 5 atom stereocenters. The lowest BCUT2D eigenvalue weighted by molar-refractivity contribution is -0.137. The number of alkyl halides is 3. The van der Waals surface area contributed by atoms with Crippen molar-refractivity contribution < 1.29 is 56.2 Å². The summed E-state index contributed by atoms with van der Waals surface area (Å²) in [6, 6.07) is 4.67. The van der Waals surface area contributed by atoms with Gasteiger partial charge in [0, 0.05) is 27.1 Å². The van der Waals surface area contributed by atoms with E-state index in [-0.39, 0.29) is 50.0 Å². The highest BCUT2D eigenvalue weighted by Gasteiger charge is 2.49. The minimum Gasteiger partial charge on any atom is -0.486 e. The molecule has 1 aliphatic carbocycles. The molecular formula is C26H37F3O9. The maximum Gasteiger partial charge on any atom is 0.416 e. The van der Waals surface area contributed by atoms with E-state index in [0.29, 0.717) is 51.4 Å². The van der Waals surface area contributed by atoms with E-state index in [4.69, 9.17) is 37.9 Å². The number of fused-ring (bicyclic) bond motifs is 1. The Labute approximate surface area is 220 Å². The van der Waals surface area contributed by atoms with Gasteiger partial charge in [0.25, 0.3) is 0 Å². The number of hydrogen-bond acceptors (Lipinski definition) is 9. The fourth-order valence-electron chi connectivity index (χ4n) is 4.62. The van der Waals surface area contributed by atoms with Crippen molar-refractivity contribution in [2.75, 3.05) is 60.8 Å². The summed E-state index contributed by atoms with van der Waals surface area (Å²) in [6.45, 7) is 1.50. The molecule has 0 radical (unpaired) electrons. The molecule has 0 spiro atoms. The van der Waals surface area contributed by atoms with Crippen molar-refractivity contribution in [3.63, 3.8) is 0 Å². The zero-order valence-corrected chi connectivity index (χ0v) is 21.7. The third-order valence-electron chi connectivity index (χ3n) is 6.49. The zero-order valence-electron chi connectivity index (χ0n) is 21.7. The number of aliphatic hydroxyl groups is 1. The Kier molecular flexibility index (Phi) is 12.6. The molecule has 1 saturated heterocycles. The molecule has 1 saturated carbocycles. The Morgan fingerprint density at radius 1 is 1.05 bits per heavy atom. The Balaban J connectivity index is 1.65. The number of benzene rings is 1. The number of ether oxygens (including phenoxy) is 8. The summed E-state index contributed by atoms with van der Waals surface area (Å²) in [5, 5.41) is 10.00. The summed E-state index contributed by atoms with van der Waals surface area (Å²) in [7, 11) is 3.14. The van der Waals surface area contributed by atoms with Crippen LogP contribution in [-0.2, 0) is 39.3 Å². The number of hydrogen-bond donors (Lipinski definition) is 1. The van der Waals surface area contributed by atoms with E-state index in [0.717, 1.165) is 12.1 Å². The molecule has 1 aromatic carbocycles. The number of aliphatic hydroxyl groups excluding tert-OH is 1. The van der Waals surface area contributed by atoms with Crippen LogP contribution in [0.1, 0.15) is 24.8 Å². The first kappa shape index (κ1) is 30.6. The number of allylic oxidation sites excluding steroid dienone is 1. The SMILES string of the molecule is COCCOCO/C(=C\C[C@@H]1[C@H]2CC(O)O[C@H]2C[C@H]1OCOCCOC)COc1cccc(C(F)(F)F)c1. The molecule has 9 nitrogen and oxygen atoms in total. The van der Waals surface area contributed by atoms with Crippen molar-refractivity contribution in [1.82, 2.24) is 0 Å².